The number of nitrogens with zero attached hydrogens (tertiary/aromatic N) is 2. The molecular weight excluding hydrogens is 440 g/mol. The maximum atomic E-state index is 12.4. The third-order valence-corrected chi connectivity index (χ3v) is 5.36. The van der Waals surface area contributed by atoms with Crippen LogP contribution in [-0.4, -0.2) is 17.6 Å². The largest absolute Gasteiger partial charge is 0.490 e. The topological polar surface area (TPSA) is 72.2 Å². The van der Waals surface area contributed by atoms with Crippen LogP contribution in [0.5, 0.6) is 11.5 Å². The number of hydrogen-bond donors (Lipinski definition) is 0. The van der Waals surface area contributed by atoms with Crippen LogP contribution >= 0.6 is 27.3 Å². The standard InChI is InChI=1S/C21H17BrN2O3S/c1-3-26-18-9-14(11-23)8-17(22)20(18)27-19(25)10-16-12-28-21(24-16)15-6-4-13(2)5-7-15/h4-9,12H,3,10H2,1-2H3. The summed E-state index contributed by atoms with van der Waals surface area (Å²) in [7, 11) is 0. The first kappa shape index (κ1) is 20.1. The molecule has 2 aromatic carbocycles. The highest BCUT2D eigenvalue weighted by molar-refractivity contribution is 9.10. The molecule has 0 fully saturated rings. The van der Waals surface area contributed by atoms with Crippen LogP contribution in [0.1, 0.15) is 23.7 Å². The fourth-order valence-electron chi connectivity index (χ4n) is 2.51. The van der Waals surface area contributed by atoms with E-state index in [1.54, 1.807) is 12.1 Å². The highest BCUT2D eigenvalue weighted by atomic mass is 79.9. The summed E-state index contributed by atoms with van der Waals surface area (Å²) in [5.41, 5.74) is 3.26. The van der Waals surface area contributed by atoms with E-state index in [1.807, 2.05) is 49.6 Å². The smallest absolute Gasteiger partial charge is 0.317 e. The van der Waals surface area contributed by atoms with Gasteiger partial charge in [-0.25, -0.2) is 4.98 Å². The number of nitriles is 1. The Kier molecular flexibility index (Phi) is 6.45. The van der Waals surface area contributed by atoms with Gasteiger partial charge >= 0.3 is 5.97 Å². The van der Waals surface area contributed by atoms with Gasteiger partial charge in [0, 0.05) is 17.0 Å². The van der Waals surface area contributed by atoms with Crippen LogP contribution in [-0.2, 0) is 11.2 Å². The molecule has 0 amide bonds. The average molecular weight is 457 g/mol. The van der Waals surface area contributed by atoms with Crippen LogP contribution in [0, 0.1) is 18.3 Å². The molecule has 0 spiro atoms. The number of benzene rings is 2. The average Bonchev–Trinajstić information content (AvgIpc) is 3.13. The second kappa shape index (κ2) is 9.00. The van der Waals surface area contributed by atoms with Crippen LogP contribution in [0.25, 0.3) is 10.6 Å². The van der Waals surface area contributed by atoms with E-state index in [0.717, 1.165) is 10.6 Å². The van der Waals surface area contributed by atoms with Gasteiger partial charge in [0.1, 0.15) is 5.01 Å². The first-order chi connectivity index (χ1) is 13.5. The van der Waals surface area contributed by atoms with Crippen molar-refractivity contribution in [3.63, 3.8) is 0 Å². The molecule has 0 radical (unpaired) electrons. The van der Waals surface area contributed by atoms with Crippen molar-refractivity contribution in [2.24, 2.45) is 0 Å². The van der Waals surface area contributed by atoms with E-state index < -0.39 is 5.97 Å². The minimum atomic E-state index is -0.452. The lowest BCUT2D eigenvalue weighted by molar-refractivity contribution is -0.133. The number of aryl methyl sites for hydroxylation is 1. The minimum Gasteiger partial charge on any atom is -0.490 e. The molecule has 0 aliphatic rings. The van der Waals surface area contributed by atoms with Gasteiger partial charge in [0.15, 0.2) is 11.5 Å². The van der Waals surface area contributed by atoms with Crippen molar-refractivity contribution < 1.29 is 14.3 Å². The zero-order chi connectivity index (χ0) is 20.1. The third kappa shape index (κ3) is 4.77. The Morgan fingerprint density at radius 1 is 1.29 bits per heavy atom. The van der Waals surface area contributed by atoms with E-state index in [1.165, 1.54) is 16.9 Å². The zero-order valence-electron chi connectivity index (χ0n) is 15.4. The third-order valence-electron chi connectivity index (χ3n) is 3.83. The number of esters is 1. The molecule has 0 aliphatic heterocycles. The molecule has 0 saturated heterocycles. The number of halogens is 1. The first-order valence-electron chi connectivity index (χ1n) is 8.58. The fraction of sp³-hybridized carbons (Fsp3) is 0.190. The van der Waals surface area contributed by atoms with Crippen molar-refractivity contribution >= 4 is 33.2 Å². The van der Waals surface area contributed by atoms with Gasteiger partial charge < -0.3 is 9.47 Å². The molecule has 0 unspecified atom stereocenters. The van der Waals surface area contributed by atoms with Gasteiger partial charge in [0.2, 0.25) is 0 Å². The van der Waals surface area contributed by atoms with Crippen molar-refractivity contribution in [3.8, 4) is 28.1 Å². The summed E-state index contributed by atoms with van der Waals surface area (Å²) in [5.74, 6) is 0.160. The number of carbonyl (C=O) groups is 1. The molecule has 0 atom stereocenters. The summed E-state index contributed by atoms with van der Waals surface area (Å²) in [6.45, 7) is 4.24. The van der Waals surface area contributed by atoms with Crippen molar-refractivity contribution in [1.29, 1.82) is 5.26 Å². The highest BCUT2D eigenvalue weighted by Crippen LogP contribution is 2.37. The van der Waals surface area contributed by atoms with Gasteiger partial charge in [-0.05, 0) is 35.8 Å². The Hall–Kier alpha value is -2.69. The number of carbonyl (C=O) groups excluding carboxylic acids is 1. The highest BCUT2D eigenvalue weighted by Gasteiger charge is 2.17. The van der Waals surface area contributed by atoms with E-state index in [0.29, 0.717) is 28.1 Å². The number of hydrogen-bond acceptors (Lipinski definition) is 6. The van der Waals surface area contributed by atoms with E-state index in [4.69, 9.17) is 14.7 Å². The molecule has 5 nitrogen and oxygen atoms in total. The molecule has 142 valence electrons. The predicted octanol–water partition coefficient (Wildman–Crippen LogP) is 5.30. The molecule has 1 aromatic heterocycles. The summed E-state index contributed by atoms with van der Waals surface area (Å²) in [5, 5.41) is 11.8. The normalized spacial score (nSPS) is 10.4. The van der Waals surface area contributed by atoms with Crippen molar-refractivity contribution in [2.45, 2.75) is 20.3 Å². The van der Waals surface area contributed by atoms with Crippen molar-refractivity contribution in [3.05, 3.63) is 63.1 Å². The molecule has 1 heterocycles. The monoisotopic (exact) mass is 456 g/mol. The second-order valence-corrected chi connectivity index (χ2v) is 7.70. The lowest BCUT2D eigenvalue weighted by atomic mass is 10.2. The van der Waals surface area contributed by atoms with Gasteiger partial charge in [-0.2, -0.15) is 5.26 Å². The zero-order valence-corrected chi connectivity index (χ0v) is 17.8. The molecular formula is C21H17BrN2O3S. The second-order valence-electron chi connectivity index (χ2n) is 5.99. The summed E-state index contributed by atoms with van der Waals surface area (Å²) in [6.07, 6.45) is 0.0420. The Morgan fingerprint density at radius 3 is 2.71 bits per heavy atom. The Bertz CT molecular complexity index is 1040. The van der Waals surface area contributed by atoms with E-state index >= 15 is 0 Å². The number of ether oxygens (including phenoxy) is 2. The molecule has 0 N–H and O–H groups in total. The van der Waals surface area contributed by atoms with Crippen LogP contribution < -0.4 is 9.47 Å². The van der Waals surface area contributed by atoms with E-state index in [2.05, 4.69) is 20.9 Å². The minimum absolute atomic E-state index is 0.0420. The van der Waals surface area contributed by atoms with Crippen LogP contribution in [0.2, 0.25) is 0 Å². The molecule has 3 aromatic rings. The van der Waals surface area contributed by atoms with Crippen molar-refractivity contribution in [1.82, 2.24) is 4.98 Å². The summed E-state index contributed by atoms with van der Waals surface area (Å²) in [4.78, 5) is 17.0. The first-order valence-corrected chi connectivity index (χ1v) is 10.3. The van der Waals surface area contributed by atoms with Crippen molar-refractivity contribution in [2.75, 3.05) is 6.61 Å². The van der Waals surface area contributed by atoms with E-state index in [9.17, 15) is 4.79 Å². The van der Waals surface area contributed by atoms with Gasteiger partial charge in [-0.1, -0.05) is 29.8 Å². The quantitative estimate of drug-likeness (QED) is 0.371. The molecule has 0 bridgehead atoms. The molecule has 7 heteroatoms. The maximum absolute atomic E-state index is 12.4. The molecule has 0 saturated carbocycles. The van der Waals surface area contributed by atoms with Crippen LogP contribution in [0.4, 0.5) is 0 Å². The SMILES string of the molecule is CCOc1cc(C#N)cc(Br)c1OC(=O)Cc1csc(-c2ccc(C)cc2)n1. The number of rotatable bonds is 6. The Morgan fingerprint density at radius 2 is 2.04 bits per heavy atom. The van der Waals surface area contributed by atoms with Gasteiger partial charge in [0.05, 0.1) is 34.8 Å². The Balaban J connectivity index is 1.74. The van der Waals surface area contributed by atoms with Gasteiger partial charge in [-0.3, -0.25) is 4.79 Å². The number of thiazole rings is 1. The summed E-state index contributed by atoms with van der Waals surface area (Å²) in [6, 6.07) is 13.3. The number of aromatic nitrogens is 1. The molecule has 28 heavy (non-hydrogen) atoms. The lowest BCUT2D eigenvalue weighted by Gasteiger charge is -2.12. The molecule has 3 rings (SSSR count). The summed E-state index contributed by atoms with van der Waals surface area (Å²) >= 11 is 4.83. The van der Waals surface area contributed by atoms with Crippen LogP contribution in [0.15, 0.2) is 46.3 Å². The van der Waals surface area contributed by atoms with E-state index in [-0.39, 0.29) is 12.2 Å². The predicted molar refractivity (Wildman–Crippen MR) is 112 cm³/mol. The maximum Gasteiger partial charge on any atom is 0.317 e. The van der Waals surface area contributed by atoms with Gasteiger partial charge in [0.25, 0.3) is 0 Å². The van der Waals surface area contributed by atoms with Crippen LogP contribution in [0.3, 0.4) is 0 Å². The molecule has 0 aliphatic carbocycles. The van der Waals surface area contributed by atoms with Gasteiger partial charge in [-0.15, -0.1) is 11.3 Å². The summed E-state index contributed by atoms with van der Waals surface area (Å²) < 4.78 is 11.5. The lowest BCUT2D eigenvalue weighted by Crippen LogP contribution is -2.13. The Labute approximate surface area is 175 Å². The fourth-order valence-corrected chi connectivity index (χ4v) is 3.86.